The van der Waals surface area contributed by atoms with Crippen molar-refractivity contribution >= 4 is 11.9 Å². The minimum Gasteiger partial charge on any atom is -0.469 e. The van der Waals surface area contributed by atoms with Gasteiger partial charge in [0.25, 0.3) is 0 Å². The van der Waals surface area contributed by atoms with E-state index in [2.05, 4.69) is 20.8 Å². The first-order valence-electron chi connectivity index (χ1n) is 11.1. The molecule has 5 rings (SSSR count). The molecule has 1 saturated heterocycles. The minimum absolute atomic E-state index is 0.0311. The van der Waals surface area contributed by atoms with Crippen LogP contribution in [-0.2, 0) is 23.8 Å². The second-order valence-electron chi connectivity index (χ2n) is 11.0. The molecule has 156 valence electrons. The second-order valence-corrected chi connectivity index (χ2v) is 11.0. The number of ether oxygens (including phenoxy) is 3. The SMILES string of the molecule is COC(=O)C1(C)CCCC2(C)C1CC(OC(C)=O)C13CC(CCC21)C1(C)OC13. The van der Waals surface area contributed by atoms with Crippen molar-refractivity contribution in [2.45, 2.75) is 90.4 Å². The average Bonchev–Trinajstić information content (AvgIpc) is 3.31. The first-order chi connectivity index (χ1) is 13.1. The number of carbonyl (C=O) groups excluding carboxylic acids is 2. The fourth-order valence-electron chi connectivity index (χ4n) is 8.86. The lowest BCUT2D eigenvalue weighted by atomic mass is 9.40. The summed E-state index contributed by atoms with van der Waals surface area (Å²) >= 11 is 0. The lowest BCUT2D eigenvalue weighted by molar-refractivity contribution is -0.229. The van der Waals surface area contributed by atoms with Crippen molar-refractivity contribution in [3.8, 4) is 0 Å². The maximum atomic E-state index is 12.9. The number of fused-ring (bicyclic) bond motifs is 5. The molecule has 4 saturated carbocycles. The third-order valence-corrected chi connectivity index (χ3v) is 9.97. The number of hydrogen-bond acceptors (Lipinski definition) is 5. The van der Waals surface area contributed by atoms with E-state index in [1.807, 2.05) is 0 Å². The number of epoxide rings is 1. The second kappa shape index (κ2) is 5.53. The van der Waals surface area contributed by atoms with Crippen LogP contribution >= 0.6 is 0 Å². The van der Waals surface area contributed by atoms with Crippen LogP contribution < -0.4 is 0 Å². The summed E-state index contributed by atoms with van der Waals surface area (Å²) < 4.78 is 17.7. The highest BCUT2D eigenvalue weighted by Gasteiger charge is 2.82. The normalized spacial score (nSPS) is 56.1. The van der Waals surface area contributed by atoms with Gasteiger partial charge in [-0.3, -0.25) is 9.59 Å². The van der Waals surface area contributed by atoms with Gasteiger partial charge in [-0.05, 0) is 75.5 Å². The molecular formula is C23H34O5. The molecule has 5 nitrogen and oxygen atoms in total. The van der Waals surface area contributed by atoms with Gasteiger partial charge in [-0.2, -0.15) is 0 Å². The highest BCUT2D eigenvalue weighted by atomic mass is 16.6. The van der Waals surface area contributed by atoms with Crippen molar-refractivity contribution < 1.29 is 23.8 Å². The van der Waals surface area contributed by atoms with Crippen LogP contribution in [0.25, 0.3) is 0 Å². The highest BCUT2D eigenvalue weighted by molar-refractivity contribution is 5.77. The number of hydrogen-bond donors (Lipinski definition) is 0. The molecule has 0 amide bonds. The minimum atomic E-state index is -0.509. The van der Waals surface area contributed by atoms with Gasteiger partial charge in [-0.1, -0.05) is 13.3 Å². The van der Waals surface area contributed by atoms with Crippen molar-refractivity contribution in [3.05, 3.63) is 0 Å². The van der Waals surface area contributed by atoms with Crippen LogP contribution in [0.4, 0.5) is 0 Å². The highest BCUT2D eigenvalue weighted by Crippen LogP contribution is 2.78. The van der Waals surface area contributed by atoms with Gasteiger partial charge in [-0.15, -0.1) is 0 Å². The van der Waals surface area contributed by atoms with Gasteiger partial charge in [0.2, 0.25) is 0 Å². The fraction of sp³-hybridized carbons (Fsp3) is 0.913. The van der Waals surface area contributed by atoms with Crippen LogP contribution in [0.2, 0.25) is 0 Å². The summed E-state index contributed by atoms with van der Waals surface area (Å²) in [5, 5.41) is 0. The zero-order chi connectivity index (χ0) is 20.1. The van der Waals surface area contributed by atoms with E-state index >= 15 is 0 Å². The molecule has 5 aliphatic rings. The average molecular weight is 391 g/mol. The van der Waals surface area contributed by atoms with Gasteiger partial charge in [0.15, 0.2) is 0 Å². The summed E-state index contributed by atoms with van der Waals surface area (Å²) in [6.45, 7) is 8.27. The van der Waals surface area contributed by atoms with Crippen molar-refractivity contribution in [3.63, 3.8) is 0 Å². The molecule has 28 heavy (non-hydrogen) atoms. The molecule has 1 aliphatic heterocycles. The Morgan fingerprint density at radius 2 is 1.82 bits per heavy atom. The molecule has 9 unspecified atom stereocenters. The van der Waals surface area contributed by atoms with Crippen LogP contribution in [0.15, 0.2) is 0 Å². The first kappa shape index (κ1) is 18.9. The molecule has 9 atom stereocenters. The molecule has 1 spiro atoms. The smallest absolute Gasteiger partial charge is 0.311 e. The summed E-state index contributed by atoms with van der Waals surface area (Å²) in [4.78, 5) is 25.0. The Labute approximate surface area is 167 Å². The Morgan fingerprint density at radius 3 is 2.50 bits per heavy atom. The van der Waals surface area contributed by atoms with Gasteiger partial charge in [0.1, 0.15) is 6.10 Å². The largest absolute Gasteiger partial charge is 0.469 e. The molecular weight excluding hydrogens is 356 g/mol. The molecule has 5 heteroatoms. The number of carbonyl (C=O) groups is 2. The number of esters is 2. The van der Waals surface area contributed by atoms with Crippen LogP contribution in [-0.4, -0.2) is 36.9 Å². The van der Waals surface area contributed by atoms with Crippen molar-refractivity contribution in [1.29, 1.82) is 0 Å². The van der Waals surface area contributed by atoms with E-state index < -0.39 is 5.41 Å². The van der Waals surface area contributed by atoms with Crippen molar-refractivity contribution in [1.82, 2.24) is 0 Å². The summed E-state index contributed by atoms with van der Waals surface area (Å²) in [7, 11) is 1.50. The van der Waals surface area contributed by atoms with Crippen LogP contribution in [0, 0.1) is 34.0 Å². The van der Waals surface area contributed by atoms with Gasteiger partial charge in [0.05, 0.1) is 24.2 Å². The van der Waals surface area contributed by atoms with E-state index in [0.717, 1.165) is 38.5 Å². The Hall–Kier alpha value is -1.10. The maximum absolute atomic E-state index is 12.9. The topological polar surface area (TPSA) is 65.1 Å². The monoisotopic (exact) mass is 390 g/mol. The summed E-state index contributed by atoms with van der Waals surface area (Å²) in [5.74, 6) is 0.853. The van der Waals surface area contributed by atoms with E-state index in [-0.39, 0.29) is 46.5 Å². The Morgan fingerprint density at radius 1 is 1.07 bits per heavy atom. The van der Waals surface area contributed by atoms with E-state index in [1.54, 1.807) is 0 Å². The van der Waals surface area contributed by atoms with Crippen molar-refractivity contribution in [2.24, 2.45) is 34.0 Å². The molecule has 1 heterocycles. The van der Waals surface area contributed by atoms with Gasteiger partial charge < -0.3 is 14.2 Å². The van der Waals surface area contributed by atoms with Crippen LogP contribution in [0.3, 0.4) is 0 Å². The lowest BCUT2D eigenvalue weighted by Gasteiger charge is -2.65. The lowest BCUT2D eigenvalue weighted by Crippen LogP contribution is -2.65. The van der Waals surface area contributed by atoms with E-state index in [9.17, 15) is 9.59 Å². The Balaban J connectivity index is 1.62. The third kappa shape index (κ3) is 2.02. The molecule has 2 bridgehead atoms. The first-order valence-corrected chi connectivity index (χ1v) is 11.1. The van der Waals surface area contributed by atoms with Crippen LogP contribution in [0.1, 0.15) is 72.6 Å². The standard InChI is InChI=1S/C23H34O5/c1-13(24)27-17-11-16-20(2,9-6-10-21(16,3)19(25)26-5)15-8-7-14-12-23(15,17)18-22(14,4)28-18/h14-18H,6-12H2,1-5H3. The van der Waals surface area contributed by atoms with Crippen molar-refractivity contribution in [2.75, 3.05) is 7.11 Å². The van der Waals surface area contributed by atoms with Gasteiger partial charge in [0, 0.05) is 12.3 Å². The summed E-state index contributed by atoms with van der Waals surface area (Å²) in [6, 6.07) is 0. The summed E-state index contributed by atoms with van der Waals surface area (Å²) in [5.41, 5.74) is -0.565. The molecule has 0 aromatic rings. The van der Waals surface area contributed by atoms with E-state index in [4.69, 9.17) is 14.2 Å². The predicted molar refractivity (Wildman–Crippen MR) is 102 cm³/mol. The van der Waals surface area contributed by atoms with Gasteiger partial charge >= 0.3 is 11.9 Å². The molecule has 0 aromatic carbocycles. The fourth-order valence-corrected chi connectivity index (χ4v) is 8.86. The zero-order valence-corrected chi connectivity index (χ0v) is 17.9. The van der Waals surface area contributed by atoms with Gasteiger partial charge in [-0.25, -0.2) is 0 Å². The predicted octanol–water partition coefficient (Wildman–Crippen LogP) is 3.88. The summed E-state index contributed by atoms with van der Waals surface area (Å²) in [6.07, 6.45) is 7.28. The number of rotatable bonds is 2. The Bertz CT molecular complexity index is 735. The maximum Gasteiger partial charge on any atom is 0.311 e. The Kier molecular flexibility index (Phi) is 3.73. The quantitative estimate of drug-likeness (QED) is 0.529. The zero-order valence-electron chi connectivity index (χ0n) is 17.9. The van der Waals surface area contributed by atoms with Crippen LogP contribution in [0.5, 0.6) is 0 Å². The number of methoxy groups -OCH3 is 1. The van der Waals surface area contributed by atoms with E-state index in [1.165, 1.54) is 20.5 Å². The third-order valence-electron chi connectivity index (χ3n) is 9.97. The molecule has 0 radical (unpaired) electrons. The molecule has 5 fully saturated rings. The molecule has 4 aliphatic carbocycles. The molecule has 0 aromatic heterocycles. The molecule has 0 N–H and O–H groups in total. The van der Waals surface area contributed by atoms with E-state index in [0.29, 0.717) is 11.8 Å².